The minimum absolute atomic E-state index is 0.0800. The number of nitrogens with two attached hydrogens (primary N) is 3. The predicted molar refractivity (Wildman–Crippen MR) is 124 cm³/mol. The molecule has 16 nitrogen and oxygen atoms in total. The molecule has 0 saturated carbocycles. The van der Waals surface area contributed by atoms with E-state index in [0.29, 0.717) is 0 Å². The number of carbonyl (C=O) groups excluding carboxylic acids is 3. The van der Waals surface area contributed by atoms with Gasteiger partial charge in [-0.3, -0.25) is 29.0 Å². The summed E-state index contributed by atoms with van der Waals surface area (Å²) in [5.74, 6) is -7.48. The number of hydrogen-bond acceptors (Lipinski definition) is 9. The van der Waals surface area contributed by atoms with Crippen LogP contribution in [-0.4, -0.2) is 93.4 Å². The van der Waals surface area contributed by atoms with Gasteiger partial charge in [0.2, 0.25) is 17.7 Å². The Labute approximate surface area is 205 Å². The Morgan fingerprint density at radius 1 is 0.800 bits per heavy atom. The number of hydrogen-bond donors (Lipinski definition) is 10. The van der Waals surface area contributed by atoms with E-state index in [9.17, 15) is 33.9 Å². The summed E-state index contributed by atoms with van der Waals surface area (Å²) in [6.07, 6.45) is -1.80. The Hall–Kier alpha value is -3.60. The van der Waals surface area contributed by atoms with Crippen LogP contribution < -0.4 is 33.2 Å². The monoisotopic (exact) mass is 521 g/mol. The molecule has 198 valence electrons. The molecule has 35 heavy (non-hydrogen) atoms. The first-order valence-corrected chi connectivity index (χ1v) is 10.9. The molecule has 0 aliphatic rings. The predicted octanol–water partition coefficient (Wildman–Crippen LogP) is -3.82. The van der Waals surface area contributed by atoms with Crippen molar-refractivity contribution in [3.8, 4) is 0 Å². The number of guanidine groups is 1. The van der Waals surface area contributed by atoms with E-state index in [4.69, 9.17) is 27.4 Å². The maximum atomic E-state index is 12.7. The fourth-order valence-electron chi connectivity index (χ4n) is 2.59. The third-order valence-corrected chi connectivity index (χ3v) is 4.78. The molecule has 0 heterocycles. The second-order valence-corrected chi connectivity index (χ2v) is 7.66. The number of carboxylic acids is 3. The third kappa shape index (κ3) is 13.6. The molecule has 0 aromatic heterocycles. The highest BCUT2D eigenvalue weighted by Crippen LogP contribution is 2.04. The van der Waals surface area contributed by atoms with Gasteiger partial charge >= 0.3 is 17.9 Å². The van der Waals surface area contributed by atoms with Crippen LogP contribution in [-0.2, 0) is 28.8 Å². The summed E-state index contributed by atoms with van der Waals surface area (Å²) in [5.41, 5.74) is 15.9. The average Bonchev–Trinajstić information content (AvgIpc) is 2.76. The van der Waals surface area contributed by atoms with Crippen LogP contribution in [0.2, 0.25) is 0 Å². The van der Waals surface area contributed by atoms with E-state index in [1.807, 2.05) is 0 Å². The molecule has 0 spiro atoms. The SMILES string of the molecule is NC(N)=NCCCC(NC(=O)C(CC(=O)O)NC(=O)C(CCC(=O)O)NC(=O)C(N)CS)C(=O)O. The molecule has 0 aromatic rings. The fourth-order valence-corrected chi connectivity index (χ4v) is 2.75. The van der Waals surface area contributed by atoms with E-state index >= 15 is 0 Å². The molecule has 17 heteroatoms. The van der Waals surface area contributed by atoms with E-state index in [0.717, 1.165) is 0 Å². The molecule has 0 bridgehead atoms. The molecular weight excluding hydrogens is 490 g/mol. The van der Waals surface area contributed by atoms with Crippen LogP contribution in [0.25, 0.3) is 0 Å². The fraction of sp³-hybridized carbons (Fsp3) is 0.611. The molecule has 4 unspecified atom stereocenters. The van der Waals surface area contributed by atoms with Gasteiger partial charge in [0.15, 0.2) is 5.96 Å². The van der Waals surface area contributed by atoms with Crippen LogP contribution in [0.3, 0.4) is 0 Å². The normalized spacial score (nSPS) is 13.9. The minimum Gasteiger partial charge on any atom is -0.481 e. The van der Waals surface area contributed by atoms with Gasteiger partial charge in [-0.2, -0.15) is 12.6 Å². The van der Waals surface area contributed by atoms with Crippen LogP contribution in [0, 0.1) is 0 Å². The van der Waals surface area contributed by atoms with Crippen molar-refractivity contribution in [1.29, 1.82) is 0 Å². The summed E-state index contributed by atoms with van der Waals surface area (Å²) in [5, 5.41) is 33.8. The third-order valence-electron chi connectivity index (χ3n) is 4.38. The van der Waals surface area contributed by atoms with Crippen molar-refractivity contribution in [1.82, 2.24) is 16.0 Å². The van der Waals surface area contributed by atoms with Gasteiger partial charge in [0.25, 0.3) is 0 Å². The Morgan fingerprint density at radius 2 is 1.34 bits per heavy atom. The summed E-state index contributed by atoms with van der Waals surface area (Å²) >= 11 is 3.86. The zero-order valence-corrected chi connectivity index (χ0v) is 19.6. The Kier molecular flexibility index (Phi) is 14.4. The van der Waals surface area contributed by atoms with E-state index < -0.39 is 79.1 Å². The van der Waals surface area contributed by atoms with Gasteiger partial charge < -0.3 is 48.5 Å². The highest BCUT2D eigenvalue weighted by atomic mass is 32.1. The van der Waals surface area contributed by atoms with Crippen LogP contribution in [0.4, 0.5) is 0 Å². The van der Waals surface area contributed by atoms with Gasteiger partial charge in [0, 0.05) is 18.7 Å². The van der Waals surface area contributed by atoms with Gasteiger partial charge in [-0.05, 0) is 19.3 Å². The maximum Gasteiger partial charge on any atom is 0.326 e. The largest absolute Gasteiger partial charge is 0.481 e. The number of aliphatic carboxylic acids is 3. The zero-order chi connectivity index (χ0) is 27.1. The van der Waals surface area contributed by atoms with E-state index in [1.54, 1.807) is 0 Å². The van der Waals surface area contributed by atoms with Crippen molar-refractivity contribution in [2.75, 3.05) is 12.3 Å². The number of rotatable bonds is 17. The standard InChI is InChI=1S/C18H31N7O9S/c19-8(7-35)14(30)23-9(3-4-12(26)27)15(31)25-11(6-13(28)29)16(32)24-10(17(33)34)2-1-5-22-18(20)21/h8-11,35H,1-7,19H2,(H,23,30)(H,24,32)(H,25,31)(H,26,27)(H,28,29)(H,33,34)(H4,20,21,22). The molecular formula is C18H31N7O9S. The van der Waals surface area contributed by atoms with Gasteiger partial charge in [0.05, 0.1) is 12.5 Å². The molecule has 0 aromatic carbocycles. The molecule has 0 aliphatic carbocycles. The van der Waals surface area contributed by atoms with Gasteiger partial charge in [-0.15, -0.1) is 0 Å². The maximum absolute atomic E-state index is 12.7. The Bertz CT molecular complexity index is 820. The molecule has 12 N–H and O–H groups in total. The van der Waals surface area contributed by atoms with Crippen LogP contribution in [0.15, 0.2) is 4.99 Å². The zero-order valence-electron chi connectivity index (χ0n) is 18.7. The first kappa shape index (κ1) is 31.4. The summed E-state index contributed by atoms with van der Waals surface area (Å²) in [7, 11) is 0. The van der Waals surface area contributed by atoms with Crippen molar-refractivity contribution >= 4 is 54.2 Å². The lowest BCUT2D eigenvalue weighted by Crippen LogP contribution is -2.57. The van der Waals surface area contributed by atoms with Crippen LogP contribution in [0.5, 0.6) is 0 Å². The van der Waals surface area contributed by atoms with Crippen molar-refractivity contribution in [3.63, 3.8) is 0 Å². The number of carbonyl (C=O) groups is 6. The van der Waals surface area contributed by atoms with Gasteiger partial charge in [-0.25, -0.2) is 4.79 Å². The number of carboxylic acid groups (broad SMARTS) is 3. The topological polar surface area (TPSA) is 290 Å². The smallest absolute Gasteiger partial charge is 0.326 e. The van der Waals surface area contributed by atoms with Crippen molar-refractivity contribution < 1.29 is 44.1 Å². The number of nitrogens with one attached hydrogen (secondary N) is 3. The molecule has 0 saturated heterocycles. The lowest BCUT2D eigenvalue weighted by molar-refractivity contribution is -0.143. The minimum atomic E-state index is -1.73. The first-order valence-electron chi connectivity index (χ1n) is 10.3. The Morgan fingerprint density at radius 3 is 1.83 bits per heavy atom. The number of amides is 3. The highest BCUT2D eigenvalue weighted by Gasteiger charge is 2.31. The molecule has 0 rings (SSSR count). The van der Waals surface area contributed by atoms with E-state index in [2.05, 4.69) is 33.6 Å². The molecule has 0 radical (unpaired) electrons. The lowest BCUT2D eigenvalue weighted by Gasteiger charge is -2.24. The first-order chi connectivity index (χ1) is 16.3. The number of aliphatic imine (C=N–C) groups is 1. The molecule has 0 aliphatic heterocycles. The van der Waals surface area contributed by atoms with Crippen LogP contribution in [0.1, 0.15) is 32.1 Å². The highest BCUT2D eigenvalue weighted by molar-refractivity contribution is 7.80. The summed E-state index contributed by atoms with van der Waals surface area (Å²) in [6.45, 7) is 0.0800. The van der Waals surface area contributed by atoms with Crippen molar-refractivity contribution in [3.05, 3.63) is 0 Å². The molecule has 3 amide bonds. The second-order valence-electron chi connectivity index (χ2n) is 7.29. The quantitative estimate of drug-likeness (QED) is 0.0381. The van der Waals surface area contributed by atoms with Crippen molar-refractivity contribution in [2.45, 2.75) is 56.3 Å². The molecule has 4 atom stereocenters. The molecule has 0 fully saturated rings. The van der Waals surface area contributed by atoms with Gasteiger partial charge in [0.1, 0.15) is 18.1 Å². The second kappa shape index (κ2) is 16.1. The van der Waals surface area contributed by atoms with E-state index in [-0.39, 0.29) is 31.1 Å². The summed E-state index contributed by atoms with van der Waals surface area (Å²) < 4.78 is 0. The number of nitrogens with zero attached hydrogens (tertiary/aromatic N) is 1. The summed E-state index contributed by atoms with van der Waals surface area (Å²) in [6, 6.07) is -5.77. The van der Waals surface area contributed by atoms with Crippen LogP contribution >= 0.6 is 12.6 Å². The number of thiol groups is 1. The van der Waals surface area contributed by atoms with E-state index in [1.165, 1.54) is 0 Å². The summed E-state index contributed by atoms with van der Waals surface area (Å²) in [4.78, 5) is 74.6. The van der Waals surface area contributed by atoms with Gasteiger partial charge in [-0.1, -0.05) is 0 Å². The lowest BCUT2D eigenvalue weighted by atomic mass is 10.1. The van der Waals surface area contributed by atoms with Crippen molar-refractivity contribution in [2.24, 2.45) is 22.2 Å². The average molecular weight is 522 g/mol. The Balaban J connectivity index is 5.49.